The van der Waals surface area contributed by atoms with Gasteiger partial charge in [0.05, 0.1) is 25.3 Å². The molecule has 0 fully saturated rings. The zero-order valence-corrected chi connectivity index (χ0v) is 9.56. The molecule has 2 aromatic heterocycles. The Balaban J connectivity index is 2.10. The molecule has 0 aliphatic carbocycles. The molecule has 0 spiro atoms. The second-order valence-corrected chi connectivity index (χ2v) is 3.48. The highest BCUT2D eigenvalue weighted by molar-refractivity contribution is 6.03. The smallest absolute Gasteiger partial charge is 0.291 e. The van der Waals surface area contributed by atoms with Crippen LogP contribution >= 0.6 is 0 Å². The highest BCUT2D eigenvalue weighted by Gasteiger charge is 2.12. The van der Waals surface area contributed by atoms with Gasteiger partial charge in [0.25, 0.3) is 5.91 Å². The van der Waals surface area contributed by atoms with Crippen molar-refractivity contribution in [2.24, 2.45) is 0 Å². The molecule has 0 atom stereocenters. The number of ether oxygens (including phenoxy) is 1. The van der Waals surface area contributed by atoms with E-state index in [0.717, 1.165) is 5.56 Å². The fraction of sp³-hybridized carbons (Fsp3) is 0.167. The van der Waals surface area contributed by atoms with Crippen LogP contribution in [0, 0.1) is 6.92 Å². The Labute approximate surface area is 98.4 Å². The fourth-order valence-corrected chi connectivity index (χ4v) is 1.37. The highest BCUT2D eigenvalue weighted by Crippen LogP contribution is 2.14. The molecule has 2 rings (SSSR count). The number of methoxy groups -OCH3 is 1. The van der Waals surface area contributed by atoms with Gasteiger partial charge in [-0.25, -0.2) is 4.98 Å². The molecule has 5 heteroatoms. The molecule has 0 saturated heterocycles. The standard InChI is InChI=1S/C12H12N2O3/c1-8-5-6-17-11(8)12(15)14-9-3-4-10(16-2)13-7-9/h3-7H,1-2H3,(H,14,15). The normalized spacial score (nSPS) is 10.0. The molecule has 5 nitrogen and oxygen atoms in total. The van der Waals surface area contributed by atoms with E-state index in [0.29, 0.717) is 17.3 Å². The number of aromatic nitrogens is 1. The number of amides is 1. The van der Waals surface area contributed by atoms with Crippen LogP contribution in [-0.4, -0.2) is 18.0 Å². The first-order valence-electron chi connectivity index (χ1n) is 5.06. The molecule has 17 heavy (non-hydrogen) atoms. The summed E-state index contributed by atoms with van der Waals surface area (Å²) in [6, 6.07) is 5.12. The number of carbonyl (C=O) groups excluding carboxylic acids is 1. The molecule has 0 aliphatic rings. The minimum Gasteiger partial charge on any atom is -0.481 e. The lowest BCUT2D eigenvalue weighted by atomic mass is 10.2. The Kier molecular flexibility index (Phi) is 3.09. The predicted molar refractivity (Wildman–Crippen MR) is 62.2 cm³/mol. The Bertz CT molecular complexity index is 517. The van der Waals surface area contributed by atoms with Crippen molar-refractivity contribution in [2.75, 3.05) is 12.4 Å². The molecule has 88 valence electrons. The molecule has 0 unspecified atom stereocenters. The molecule has 1 N–H and O–H groups in total. The summed E-state index contributed by atoms with van der Waals surface area (Å²) in [5.41, 5.74) is 1.38. The van der Waals surface area contributed by atoms with Crippen molar-refractivity contribution >= 4 is 11.6 Å². The maximum Gasteiger partial charge on any atom is 0.291 e. The molecule has 2 aromatic rings. The largest absolute Gasteiger partial charge is 0.481 e. The van der Waals surface area contributed by atoms with Gasteiger partial charge in [0.15, 0.2) is 5.76 Å². The van der Waals surface area contributed by atoms with Crippen LogP contribution in [0.3, 0.4) is 0 Å². The summed E-state index contributed by atoms with van der Waals surface area (Å²) >= 11 is 0. The van der Waals surface area contributed by atoms with Gasteiger partial charge in [-0.1, -0.05) is 0 Å². The predicted octanol–water partition coefficient (Wildman–Crippen LogP) is 2.24. The van der Waals surface area contributed by atoms with Crippen molar-refractivity contribution in [1.29, 1.82) is 0 Å². The van der Waals surface area contributed by atoms with Gasteiger partial charge in [-0.3, -0.25) is 4.79 Å². The van der Waals surface area contributed by atoms with E-state index >= 15 is 0 Å². The van der Waals surface area contributed by atoms with E-state index in [4.69, 9.17) is 9.15 Å². The van der Waals surface area contributed by atoms with Gasteiger partial charge in [0, 0.05) is 11.6 Å². The maximum atomic E-state index is 11.8. The number of furan rings is 1. The number of anilines is 1. The zero-order chi connectivity index (χ0) is 12.3. The molecular formula is C12H12N2O3. The third kappa shape index (κ3) is 2.44. The zero-order valence-electron chi connectivity index (χ0n) is 9.56. The molecule has 0 aliphatic heterocycles. The monoisotopic (exact) mass is 232 g/mol. The third-order valence-electron chi connectivity index (χ3n) is 2.27. The highest BCUT2D eigenvalue weighted by atomic mass is 16.5. The lowest BCUT2D eigenvalue weighted by molar-refractivity contribution is 0.0996. The van der Waals surface area contributed by atoms with E-state index < -0.39 is 0 Å². The van der Waals surface area contributed by atoms with Crippen LogP contribution in [0.1, 0.15) is 16.1 Å². The first-order valence-corrected chi connectivity index (χ1v) is 5.06. The lowest BCUT2D eigenvalue weighted by Crippen LogP contribution is -2.12. The van der Waals surface area contributed by atoms with Gasteiger partial charge in [-0.05, 0) is 19.1 Å². The van der Waals surface area contributed by atoms with Crippen LogP contribution in [0.2, 0.25) is 0 Å². The number of hydrogen-bond donors (Lipinski definition) is 1. The summed E-state index contributed by atoms with van der Waals surface area (Å²) in [4.78, 5) is 15.8. The molecule has 0 radical (unpaired) electrons. The number of carbonyl (C=O) groups is 1. The van der Waals surface area contributed by atoms with E-state index in [1.165, 1.54) is 19.6 Å². The average molecular weight is 232 g/mol. The van der Waals surface area contributed by atoms with E-state index in [9.17, 15) is 4.79 Å². The van der Waals surface area contributed by atoms with E-state index in [-0.39, 0.29) is 5.91 Å². The number of nitrogens with one attached hydrogen (secondary N) is 1. The number of aryl methyl sites for hydroxylation is 1. The van der Waals surface area contributed by atoms with Gasteiger partial charge >= 0.3 is 0 Å². The molecule has 0 bridgehead atoms. The second kappa shape index (κ2) is 4.69. The lowest BCUT2D eigenvalue weighted by Gasteiger charge is -2.04. The number of rotatable bonds is 3. The van der Waals surface area contributed by atoms with E-state index in [1.54, 1.807) is 18.2 Å². The Hall–Kier alpha value is -2.30. The van der Waals surface area contributed by atoms with Crippen molar-refractivity contribution in [3.05, 3.63) is 42.0 Å². The first-order chi connectivity index (χ1) is 8.20. The van der Waals surface area contributed by atoms with Crippen molar-refractivity contribution in [1.82, 2.24) is 4.98 Å². The quantitative estimate of drug-likeness (QED) is 0.881. The fourth-order valence-electron chi connectivity index (χ4n) is 1.37. The second-order valence-electron chi connectivity index (χ2n) is 3.48. The number of hydrogen-bond acceptors (Lipinski definition) is 4. The van der Waals surface area contributed by atoms with Crippen molar-refractivity contribution < 1.29 is 13.9 Å². The van der Waals surface area contributed by atoms with E-state index in [1.807, 2.05) is 6.92 Å². The van der Waals surface area contributed by atoms with Crippen molar-refractivity contribution in [3.63, 3.8) is 0 Å². The summed E-state index contributed by atoms with van der Waals surface area (Å²) in [5, 5.41) is 2.69. The van der Waals surface area contributed by atoms with Crippen LogP contribution in [0.4, 0.5) is 5.69 Å². The van der Waals surface area contributed by atoms with Crippen LogP contribution in [-0.2, 0) is 0 Å². The number of pyridine rings is 1. The van der Waals surface area contributed by atoms with Gasteiger partial charge in [0.2, 0.25) is 5.88 Å². The molecule has 2 heterocycles. The van der Waals surface area contributed by atoms with Gasteiger partial charge in [0.1, 0.15) is 0 Å². The summed E-state index contributed by atoms with van der Waals surface area (Å²) in [7, 11) is 1.53. The number of nitrogens with zero attached hydrogens (tertiary/aromatic N) is 1. The molecule has 0 aromatic carbocycles. The minimum absolute atomic E-state index is 0.292. The summed E-state index contributed by atoms with van der Waals surface area (Å²) in [6.07, 6.45) is 3.01. The summed E-state index contributed by atoms with van der Waals surface area (Å²) in [6.45, 7) is 1.81. The first kappa shape index (κ1) is 11.2. The Morgan fingerprint density at radius 2 is 2.24 bits per heavy atom. The minimum atomic E-state index is -0.292. The van der Waals surface area contributed by atoms with Crippen LogP contribution < -0.4 is 10.1 Å². The van der Waals surface area contributed by atoms with Crippen molar-refractivity contribution in [3.8, 4) is 5.88 Å². The summed E-state index contributed by atoms with van der Waals surface area (Å²) in [5.74, 6) is 0.512. The van der Waals surface area contributed by atoms with Crippen molar-refractivity contribution in [2.45, 2.75) is 6.92 Å². The summed E-state index contributed by atoms with van der Waals surface area (Å²) < 4.78 is 10.0. The Morgan fingerprint density at radius 3 is 2.76 bits per heavy atom. The molecular weight excluding hydrogens is 220 g/mol. The molecule has 0 saturated carbocycles. The van der Waals surface area contributed by atoms with E-state index in [2.05, 4.69) is 10.3 Å². The average Bonchev–Trinajstić information content (AvgIpc) is 2.76. The van der Waals surface area contributed by atoms with Gasteiger partial charge in [-0.2, -0.15) is 0 Å². The SMILES string of the molecule is COc1ccc(NC(=O)c2occc2C)cn1. The van der Waals surface area contributed by atoms with Gasteiger partial charge < -0.3 is 14.5 Å². The molecule has 1 amide bonds. The topological polar surface area (TPSA) is 64.4 Å². The van der Waals surface area contributed by atoms with Crippen LogP contribution in [0.5, 0.6) is 5.88 Å². The van der Waals surface area contributed by atoms with Crippen LogP contribution in [0.25, 0.3) is 0 Å². The Morgan fingerprint density at radius 1 is 1.41 bits per heavy atom. The third-order valence-corrected chi connectivity index (χ3v) is 2.27. The maximum absolute atomic E-state index is 11.8. The van der Waals surface area contributed by atoms with Gasteiger partial charge in [-0.15, -0.1) is 0 Å². The van der Waals surface area contributed by atoms with Crippen LogP contribution in [0.15, 0.2) is 35.1 Å².